The molecule has 2 N–H and O–H groups in total. The van der Waals surface area contributed by atoms with E-state index in [1.807, 2.05) is 6.92 Å². The Morgan fingerprint density at radius 3 is 2.71 bits per heavy atom. The van der Waals surface area contributed by atoms with Crippen LogP contribution in [0, 0.1) is 18.7 Å². The maximum Gasteiger partial charge on any atom is 0.270 e. The number of hydrogen-bond donors (Lipinski definition) is 2. The molecule has 0 aliphatic carbocycles. The van der Waals surface area contributed by atoms with Crippen molar-refractivity contribution < 1.29 is 9.18 Å². The number of aromatic nitrogens is 2. The predicted molar refractivity (Wildman–Crippen MR) is 92.3 cm³/mol. The maximum atomic E-state index is 13.6. The fraction of sp³-hybridized carbons (Fsp3) is 0.389. The number of carbonyl (C=O) groups is 1. The number of nitrogens with one attached hydrogen (secondary N) is 2. The van der Waals surface area contributed by atoms with E-state index in [-0.39, 0.29) is 24.0 Å². The number of halogens is 1. The molecular formula is C18H23FN4O. The lowest BCUT2D eigenvalue weighted by atomic mass is 10.1. The Morgan fingerprint density at radius 2 is 2.00 bits per heavy atom. The van der Waals surface area contributed by atoms with Crippen LogP contribution in [-0.4, -0.2) is 22.4 Å². The van der Waals surface area contributed by atoms with Crippen LogP contribution in [0.3, 0.4) is 0 Å². The number of benzene rings is 1. The van der Waals surface area contributed by atoms with Crippen molar-refractivity contribution in [2.75, 3.05) is 11.9 Å². The first-order valence-corrected chi connectivity index (χ1v) is 8.07. The number of hydrogen-bond acceptors (Lipinski definition) is 4. The smallest absolute Gasteiger partial charge is 0.270 e. The molecule has 0 fully saturated rings. The fourth-order valence-corrected chi connectivity index (χ4v) is 2.14. The largest absolute Gasteiger partial charge is 0.354 e. The Hall–Kier alpha value is -2.50. The zero-order valence-electron chi connectivity index (χ0n) is 14.3. The Labute approximate surface area is 141 Å². The highest BCUT2D eigenvalue weighted by molar-refractivity contribution is 5.92. The van der Waals surface area contributed by atoms with E-state index in [9.17, 15) is 9.18 Å². The van der Waals surface area contributed by atoms with Crippen LogP contribution in [0.4, 0.5) is 10.3 Å². The van der Waals surface area contributed by atoms with Gasteiger partial charge in [0.2, 0.25) is 5.95 Å². The van der Waals surface area contributed by atoms with Crippen molar-refractivity contribution in [2.24, 2.45) is 5.92 Å². The standard InChI is InChI=1S/C18H23FN4O/c1-12(2)8-9-20-18-22-13(3)10-16(23-18)17(24)21-11-14-6-4-5-7-15(14)19/h4-7,10,12H,8-9,11H2,1-3H3,(H,21,24)(H,20,22,23). The minimum absolute atomic E-state index is 0.116. The van der Waals surface area contributed by atoms with Crippen molar-refractivity contribution >= 4 is 11.9 Å². The monoisotopic (exact) mass is 330 g/mol. The SMILES string of the molecule is Cc1cc(C(=O)NCc2ccccc2F)nc(NCCC(C)C)n1. The molecule has 128 valence electrons. The third kappa shape index (κ3) is 5.30. The number of amides is 1. The number of anilines is 1. The van der Waals surface area contributed by atoms with E-state index in [0.717, 1.165) is 13.0 Å². The van der Waals surface area contributed by atoms with Crippen LogP contribution in [0.25, 0.3) is 0 Å². The van der Waals surface area contributed by atoms with Crippen molar-refractivity contribution in [3.8, 4) is 0 Å². The van der Waals surface area contributed by atoms with E-state index in [1.54, 1.807) is 24.3 Å². The molecule has 0 radical (unpaired) electrons. The first kappa shape index (κ1) is 17.8. The normalized spacial score (nSPS) is 10.7. The average molecular weight is 330 g/mol. The van der Waals surface area contributed by atoms with Gasteiger partial charge in [0.05, 0.1) is 0 Å². The molecule has 2 rings (SSSR count). The summed E-state index contributed by atoms with van der Waals surface area (Å²) in [6.07, 6.45) is 0.992. The molecule has 1 aromatic heterocycles. The molecule has 5 nitrogen and oxygen atoms in total. The minimum atomic E-state index is -0.351. The number of rotatable bonds is 7. The molecule has 0 atom stereocenters. The third-order valence-corrected chi connectivity index (χ3v) is 3.49. The highest BCUT2D eigenvalue weighted by Gasteiger charge is 2.11. The lowest BCUT2D eigenvalue weighted by molar-refractivity contribution is 0.0945. The van der Waals surface area contributed by atoms with Crippen molar-refractivity contribution in [2.45, 2.75) is 33.7 Å². The van der Waals surface area contributed by atoms with E-state index in [4.69, 9.17) is 0 Å². The van der Waals surface area contributed by atoms with Crippen LogP contribution in [-0.2, 0) is 6.54 Å². The van der Waals surface area contributed by atoms with Crippen molar-refractivity contribution in [3.63, 3.8) is 0 Å². The summed E-state index contributed by atoms with van der Waals surface area (Å²) in [7, 11) is 0. The van der Waals surface area contributed by atoms with Gasteiger partial charge >= 0.3 is 0 Å². The van der Waals surface area contributed by atoms with Gasteiger partial charge in [0, 0.05) is 24.3 Å². The highest BCUT2D eigenvalue weighted by atomic mass is 19.1. The van der Waals surface area contributed by atoms with Gasteiger partial charge in [-0.15, -0.1) is 0 Å². The van der Waals surface area contributed by atoms with Gasteiger partial charge in [0.25, 0.3) is 5.91 Å². The average Bonchev–Trinajstić information content (AvgIpc) is 2.53. The molecular weight excluding hydrogens is 307 g/mol. The second kappa shape index (κ2) is 8.38. The first-order chi connectivity index (χ1) is 11.5. The second-order valence-electron chi connectivity index (χ2n) is 6.10. The zero-order chi connectivity index (χ0) is 17.5. The molecule has 0 saturated heterocycles. The lowest BCUT2D eigenvalue weighted by Crippen LogP contribution is -2.25. The molecule has 0 unspecified atom stereocenters. The number of nitrogens with zero attached hydrogens (tertiary/aromatic N) is 2. The summed E-state index contributed by atoms with van der Waals surface area (Å²) in [5, 5.41) is 5.82. The molecule has 1 heterocycles. The van der Waals surface area contributed by atoms with Crippen molar-refractivity contribution in [1.82, 2.24) is 15.3 Å². The van der Waals surface area contributed by atoms with Gasteiger partial charge < -0.3 is 10.6 Å². The van der Waals surface area contributed by atoms with E-state index in [1.165, 1.54) is 6.07 Å². The summed E-state index contributed by atoms with van der Waals surface area (Å²) in [5.41, 5.74) is 1.41. The molecule has 0 spiro atoms. The first-order valence-electron chi connectivity index (χ1n) is 8.07. The molecule has 0 aliphatic heterocycles. The topological polar surface area (TPSA) is 66.9 Å². The van der Waals surface area contributed by atoms with Gasteiger partial charge in [-0.2, -0.15) is 0 Å². The quantitative estimate of drug-likeness (QED) is 0.817. The zero-order valence-corrected chi connectivity index (χ0v) is 14.3. The van der Waals surface area contributed by atoms with Crippen LogP contribution >= 0.6 is 0 Å². The minimum Gasteiger partial charge on any atom is -0.354 e. The summed E-state index contributed by atoms with van der Waals surface area (Å²) < 4.78 is 13.6. The fourth-order valence-electron chi connectivity index (χ4n) is 2.14. The van der Waals surface area contributed by atoms with Gasteiger partial charge in [-0.3, -0.25) is 4.79 Å². The Morgan fingerprint density at radius 1 is 1.25 bits per heavy atom. The predicted octanol–water partition coefficient (Wildman–Crippen LogP) is 3.31. The van der Waals surface area contributed by atoms with E-state index >= 15 is 0 Å². The van der Waals surface area contributed by atoms with Gasteiger partial charge in [-0.25, -0.2) is 14.4 Å². The lowest BCUT2D eigenvalue weighted by Gasteiger charge is -2.10. The van der Waals surface area contributed by atoms with Crippen LogP contribution in [0.1, 0.15) is 42.0 Å². The Balaban J connectivity index is 2.00. The molecule has 0 aliphatic rings. The van der Waals surface area contributed by atoms with Gasteiger partial charge in [-0.1, -0.05) is 32.0 Å². The number of aryl methyl sites for hydroxylation is 1. The summed E-state index contributed by atoms with van der Waals surface area (Å²) in [4.78, 5) is 20.8. The van der Waals surface area contributed by atoms with Gasteiger partial charge in [0.1, 0.15) is 11.5 Å². The summed E-state index contributed by atoms with van der Waals surface area (Å²) in [5.74, 6) is 0.320. The summed E-state index contributed by atoms with van der Waals surface area (Å²) in [6.45, 7) is 6.95. The molecule has 0 bridgehead atoms. The maximum absolute atomic E-state index is 13.6. The van der Waals surface area contributed by atoms with E-state index in [0.29, 0.717) is 23.1 Å². The van der Waals surface area contributed by atoms with Crippen LogP contribution < -0.4 is 10.6 Å². The van der Waals surface area contributed by atoms with E-state index in [2.05, 4.69) is 34.4 Å². The van der Waals surface area contributed by atoms with Gasteiger partial charge in [0.15, 0.2) is 0 Å². The van der Waals surface area contributed by atoms with E-state index < -0.39 is 0 Å². The third-order valence-electron chi connectivity index (χ3n) is 3.49. The molecule has 0 saturated carbocycles. The van der Waals surface area contributed by atoms with Crippen molar-refractivity contribution in [3.05, 3.63) is 53.1 Å². The van der Waals surface area contributed by atoms with Crippen LogP contribution in [0.5, 0.6) is 0 Å². The molecule has 1 amide bonds. The Bertz CT molecular complexity index is 703. The van der Waals surface area contributed by atoms with Crippen LogP contribution in [0.2, 0.25) is 0 Å². The highest BCUT2D eigenvalue weighted by Crippen LogP contribution is 2.09. The molecule has 1 aromatic carbocycles. The Kier molecular flexibility index (Phi) is 6.23. The summed E-state index contributed by atoms with van der Waals surface area (Å²) >= 11 is 0. The van der Waals surface area contributed by atoms with Gasteiger partial charge in [-0.05, 0) is 31.4 Å². The molecule has 24 heavy (non-hydrogen) atoms. The summed E-state index contributed by atoms with van der Waals surface area (Å²) in [6, 6.07) is 7.97. The number of carbonyl (C=O) groups excluding carboxylic acids is 1. The van der Waals surface area contributed by atoms with Crippen molar-refractivity contribution in [1.29, 1.82) is 0 Å². The molecule has 6 heteroatoms. The molecule has 2 aromatic rings. The second-order valence-corrected chi connectivity index (χ2v) is 6.10. The van der Waals surface area contributed by atoms with Crippen LogP contribution in [0.15, 0.2) is 30.3 Å².